The molecule has 0 radical (unpaired) electrons. The first-order chi connectivity index (χ1) is 31.9. The normalized spacial score (nSPS) is 16.4. The van der Waals surface area contributed by atoms with Crippen molar-refractivity contribution >= 4 is 43.6 Å². The van der Waals surface area contributed by atoms with Crippen molar-refractivity contribution in [2.45, 2.75) is 0 Å². The van der Waals surface area contributed by atoms with E-state index >= 15 is 0 Å². The molecule has 0 spiro atoms. The Labute approximate surface area is 312 Å². The van der Waals surface area contributed by atoms with Gasteiger partial charge in [-0.05, 0) is 59.5 Å². The number of para-hydroxylation sites is 3. The Hall–Kier alpha value is -6.85. The molecule has 5 heteroatoms. The zero-order chi connectivity index (χ0) is 47.8. The van der Waals surface area contributed by atoms with Crippen LogP contribution < -0.4 is 0 Å². The Morgan fingerprint density at radius 3 is 1.70 bits per heavy atom. The molecule has 0 atom stereocenters. The smallest absolute Gasteiger partial charge is 0.238 e. The average Bonchev–Trinajstić information content (AvgIpc) is 3.86. The van der Waals surface area contributed by atoms with Crippen LogP contribution in [0.15, 0.2) is 176 Å². The van der Waals surface area contributed by atoms with Gasteiger partial charge in [0.15, 0.2) is 11.6 Å². The molecular formula is C45H29N5. The number of nitrogens with zero attached hydrogens (tertiary/aromatic N) is 5. The molecule has 0 aliphatic carbocycles. The van der Waals surface area contributed by atoms with E-state index in [-0.39, 0.29) is 16.7 Å². The van der Waals surface area contributed by atoms with Gasteiger partial charge in [0, 0.05) is 38.4 Å². The second-order valence-electron chi connectivity index (χ2n) is 11.2. The fourth-order valence-electron chi connectivity index (χ4n) is 6.22. The van der Waals surface area contributed by atoms with Gasteiger partial charge in [-0.25, -0.2) is 4.98 Å². The van der Waals surface area contributed by atoms with E-state index in [0.717, 1.165) is 26.5 Å². The average molecular weight is 657 g/mol. The third-order valence-electron chi connectivity index (χ3n) is 8.42. The molecule has 10 rings (SSSR count). The van der Waals surface area contributed by atoms with E-state index in [1.807, 2.05) is 60.7 Å². The Morgan fingerprint density at radius 1 is 0.380 bits per heavy atom. The molecule has 0 amide bonds. The molecule has 0 saturated heterocycles. The van der Waals surface area contributed by atoms with Crippen LogP contribution in [0.1, 0.15) is 23.3 Å². The van der Waals surface area contributed by atoms with E-state index in [0.29, 0.717) is 11.0 Å². The molecule has 10 aromatic rings. The first-order valence-electron chi connectivity index (χ1n) is 23.9. The number of hydrogen-bond acceptors (Lipinski definition) is 3. The molecule has 5 nitrogen and oxygen atoms in total. The minimum Gasteiger partial charge on any atom is -0.309 e. The Bertz CT molecular complexity index is 3710. The summed E-state index contributed by atoms with van der Waals surface area (Å²) in [6.45, 7) is 0. The molecule has 50 heavy (non-hydrogen) atoms. The summed E-state index contributed by atoms with van der Waals surface area (Å²) in [5.74, 6) is -1.15. The minimum absolute atomic E-state index is 0.182. The molecule has 0 aliphatic heterocycles. The van der Waals surface area contributed by atoms with Crippen molar-refractivity contribution in [1.82, 2.24) is 24.1 Å². The first kappa shape index (κ1) is 16.0. The van der Waals surface area contributed by atoms with Gasteiger partial charge in [-0.3, -0.25) is 4.57 Å². The highest BCUT2D eigenvalue weighted by Gasteiger charge is 2.19. The Kier molecular flexibility index (Phi) is 3.65. The summed E-state index contributed by atoms with van der Waals surface area (Å²) in [6, 6.07) is 10.3. The molecular weight excluding hydrogens is 611 g/mol. The highest BCUT2D eigenvalue weighted by Crippen LogP contribution is 2.36. The maximum Gasteiger partial charge on any atom is 0.238 e. The molecule has 0 bridgehead atoms. The molecule has 3 aromatic heterocycles. The monoisotopic (exact) mass is 656 g/mol. The highest BCUT2D eigenvalue weighted by atomic mass is 15.2. The first-order valence-corrected chi connectivity index (χ1v) is 15.4. The van der Waals surface area contributed by atoms with Crippen LogP contribution in [0.4, 0.5) is 0 Å². The van der Waals surface area contributed by atoms with Crippen molar-refractivity contribution in [3.8, 4) is 45.5 Å². The van der Waals surface area contributed by atoms with Gasteiger partial charge in [-0.1, -0.05) is 127 Å². The second kappa shape index (κ2) is 11.4. The molecule has 3 heterocycles. The Balaban J connectivity index is 1.33. The number of benzene rings is 7. The van der Waals surface area contributed by atoms with Gasteiger partial charge in [0.1, 0.15) is 0 Å². The predicted octanol–water partition coefficient (Wildman–Crippen LogP) is 11.1. The van der Waals surface area contributed by atoms with E-state index in [2.05, 4.69) is 4.98 Å². The third kappa shape index (κ3) is 4.52. The molecule has 0 N–H and O–H groups in total. The lowest BCUT2D eigenvalue weighted by Crippen LogP contribution is -2.06. The van der Waals surface area contributed by atoms with Crippen molar-refractivity contribution < 1.29 is 23.3 Å². The van der Waals surface area contributed by atoms with Crippen LogP contribution in [-0.4, -0.2) is 24.1 Å². The van der Waals surface area contributed by atoms with Crippen molar-refractivity contribution in [2.75, 3.05) is 0 Å². The fourth-order valence-corrected chi connectivity index (χ4v) is 6.22. The topological polar surface area (TPSA) is 48.5 Å². The lowest BCUT2D eigenvalue weighted by molar-refractivity contribution is 0.953. The summed E-state index contributed by atoms with van der Waals surface area (Å²) in [5.41, 5.74) is 0.396. The van der Waals surface area contributed by atoms with E-state index < -0.39 is 142 Å². The van der Waals surface area contributed by atoms with Crippen LogP contribution in [0.5, 0.6) is 0 Å². The SMILES string of the molecule is [2H]c1c([2H])c([2H])c(-c2nc(-c3c([2H])c([2H])c(-n4c5c([2H])c([2H])c([2H])c([2H])c5c5c([2H])c([2H])c([2H])c([2H])c54)c([2H])c3[2H])nc(-n3c4ccccc4c4ccc(-c5ccccc5)cc43)n2)c([2H])c1[2H]. The van der Waals surface area contributed by atoms with Crippen LogP contribution in [0.25, 0.3) is 89.2 Å². The highest BCUT2D eigenvalue weighted by molar-refractivity contribution is 6.10. The molecule has 0 unspecified atom stereocenters. The van der Waals surface area contributed by atoms with Gasteiger partial charge < -0.3 is 4.57 Å². The van der Waals surface area contributed by atoms with Crippen molar-refractivity contribution in [1.29, 1.82) is 0 Å². The third-order valence-corrected chi connectivity index (χ3v) is 8.42. The van der Waals surface area contributed by atoms with Gasteiger partial charge in [0.25, 0.3) is 0 Å². The maximum absolute atomic E-state index is 9.49. The second-order valence-corrected chi connectivity index (χ2v) is 11.2. The van der Waals surface area contributed by atoms with E-state index in [1.54, 1.807) is 16.7 Å². The van der Waals surface area contributed by atoms with Crippen LogP contribution >= 0.6 is 0 Å². The molecule has 0 fully saturated rings. The number of aromatic nitrogens is 5. The van der Waals surface area contributed by atoms with Gasteiger partial charge in [-0.2, -0.15) is 9.97 Å². The Morgan fingerprint density at radius 2 is 0.980 bits per heavy atom. The summed E-state index contributed by atoms with van der Waals surface area (Å²) in [5, 5.41) is 0.860. The minimum atomic E-state index is -0.828. The van der Waals surface area contributed by atoms with Gasteiger partial charge in [-0.15, -0.1) is 0 Å². The molecule has 0 aliphatic rings. The fraction of sp³-hybridized carbons (Fsp3) is 0. The van der Waals surface area contributed by atoms with Crippen molar-refractivity contribution in [3.05, 3.63) is 176 Å². The summed E-state index contributed by atoms with van der Waals surface area (Å²) in [7, 11) is 0. The van der Waals surface area contributed by atoms with Crippen molar-refractivity contribution in [3.63, 3.8) is 0 Å². The largest absolute Gasteiger partial charge is 0.309 e. The van der Waals surface area contributed by atoms with Crippen molar-refractivity contribution in [2.24, 2.45) is 0 Å². The van der Waals surface area contributed by atoms with Crippen LogP contribution in [0, 0.1) is 0 Å². The van der Waals surface area contributed by atoms with Crippen LogP contribution in [-0.2, 0) is 0 Å². The zero-order valence-electron chi connectivity index (χ0n) is 42.7. The number of rotatable bonds is 5. The number of fused-ring (bicyclic) bond motifs is 6. The number of hydrogen-bond donors (Lipinski definition) is 0. The van der Waals surface area contributed by atoms with Gasteiger partial charge >= 0.3 is 0 Å². The van der Waals surface area contributed by atoms with Gasteiger partial charge in [0.2, 0.25) is 5.95 Å². The quantitative estimate of drug-likeness (QED) is 0.185. The van der Waals surface area contributed by atoms with E-state index in [1.165, 1.54) is 0 Å². The van der Waals surface area contributed by atoms with Crippen LogP contribution in [0.3, 0.4) is 0 Å². The summed E-state index contributed by atoms with van der Waals surface area (Å²) >= 11 is 0. The molecule has 234 valence electrons. The van der Waals surface area contributed by atoms with E-state index in [4.69, 9.17) is 27.8 Å². The van der Waals surface area contributed by atoms with Crippen LogP contribution in [0.2, 0.25) is 0 Å². The van der Waals surface area contributed by atoms with E-state index in [9.17, 15) is 5.48 Å². The standard InChI is InChI=1S/C45H29N5/c1-3-13-30(14-4-1)33-25-28-38-37-19-9-12-22-41(37)50(42(38)29-33)45-47-43(31-15-5-2-6-16-31)46-44(48-45)32-23-26-34(27-24-32)49-39-20-10-7-17-35(39)36-18-8-11-21-40(36)49/h1-29H/i2D,5D,6D,7D,8D,10D,11D,15D,16D,17D,18D,20D,21D,23D,24D,26D,27D. The lowest BCUT2D eigenvalue weighted by atomic mass is 10.0. The summed E-state index contributed by atoms with van der Waals surface area (Å²) in [4.78, 5) is 14.0. The van der Waals surface area contributed by atoms with Gasteiger partial charge in [0.05, 0.1) is 45.4 Å². The predicted molar refractivity (Wildman–Crippen MR) is 205 cm³/mol. The lowest BCUT2D eigenvalue weighted by Gasteiger charge is -2.12. The summed E-state index contributed by atoms with van der Waals surface area (Å²) < 4.78 is 153. The molecule has 7 aromatic carbocycles. The summed E-state index contributed by atoms with van der Waals surface area (Å²) in [6.07, 6.45) is 0. The zero-order valence-corrected chi connectivity index (χ0v) is 25.7. The molecule has 0 saturated carbocycles. The maximum atomic E-state index is 9.49.